The summed E-state index contributed by atoms with van der Waals surface area (Å²) in [6, 6.07) is 10.2. The second kappa shape index (κ2) is 6.86. The molecule has 0 fully saturated rings. The maximum atomic E-state index is 12.6. The smallest absolute Gasteiger partial charge is 0.340 e. The molecule has 0 bridgehead atoms. The summed E-state index contributed by atoms with van der Waals surface area (Å²) in [5.74, 6) is 0.0976. The average molecular weight is 457 g/mol. The Bertz CT molecular complexity index is 1160. The molecule has 0 aliphatic heterocycles. The lowest BCUT2D eigenvalue weighted by Gasteiger charge is -2.10. The molecule has 0 aliphatic carbocycles. The molecule has 1 N–H and O–H groups in total. The van der Waals surface area contributed by atoms with Gasteiger partial charge in [-0.2, -0.15) is 13.5 Å². The van der Waals surface area contributed by atoms with Crippen LogP contribution in [0.5, 0.6) is 5.75 Å². The van der Waals surface area contributed by atoms with Gasteiger partial charge in [-0.1, -0.05) is 12.1 Å². The minimum atomic E-state index is -4.25. The van der Waals surface area contributed by atoms with Crippen LogP contribution in [0.25, 0.3) is 11.1 Å². The van der Waals surface area contributed by atoms with Crippen LogP contribution in [0.2, 0.25) is 0 Å². The van der Waals surface area contributed by atoms with Gasteiger partial charge in [-0.05, 0) is 51.8 Å². The van der Waals surface area contributed by atoms with Gasteiger partial charge in [0.25, 0.3) is 0 Å². The van der Waals surface area contributed by atoms with Crippen molar-refractivity contribution < 1.29 is 21.0 Å². The lowest BCUT2D eigenvalue weighted by molar-refractivity contribution is 0.485. The number of rotatable bonds is 5. The maximum absolute atomic E-state index is 12.6. The first-order valence-electron chi connectivity index (χ1n) is 7.20. The van der Waals surface area contributed by atoms with Crippen molar-refractivity contribution in [3.63, 3.8) is 0 Å². The van der Waals surface area contributed by atoms with E-state index in [0.717, 1.165) is 23.4 Å². The van der Waals surface area contributed by atoms with Crippen molar-refractivity contribution in [2.75, 3.05) is 6.26 Å². The van der Waals surface area contributed by atoms with E-state index in [1.807, 2.05) is 0 Å². The highest BCUT2D eigenvalue weighted by Gasteiger charge is 2.23. The predicted octanol–water partition coefficient (Wildman–Crippen LogP) is 3.01. The van der Waals surface area contributed by atoms with Crippen LogP contribution in [0.4, 0.5) is 0 Å². The average Bonchev–Trinajstić information content (AvgIpc) is 3.08. The molecule has 1 aromatic heterocycles. The summed E-state index contributed by atoms with van der Waals surface area (Å²) in [6.45, 7) is 0. The molecule has 0 spiro atoms. The highest BCUT2D eigenvalue weighted by Crippen LogP contribution is 2.29. The van der Waals surface area contributed by atoms with Crippen molar-refractivity contribution in [2.24, 2.45) is 0 Å². The monoisotopic (exact) mass is 456 g/mol. The molecular formula is C16H13BrN2O5S2. The highest BCUT2D eigenvalue weighted by molar-refractivity contribution is 9.10. The Kier molecular flexibility index (Phi) is 4.91. The van der Waals surface area contributed by atoms with Crippen molar-refractivity contribution in [3.05, 3.63) is 59.3 Å². The first-order chi connectivity index (χ1) is 12.2. The number of nitrogens with zero attached hydrogens (tertiary/aromatic N) is 1. The zero-order valence-electron chi connectivity index (χ0n) is 13.4. The number of hydrogen-bond acceptors (Lipinski definition) is 6. The Hall–Kier alpha value is -2.17. The largest absolute Gasteiger partial charge is 0.379 e. The molecule has 0 saturated heterocycles. The molecule has 3 aromatic rings. The fourth-order valence-electron chi connectivity index (χ4n) is 2.21. The summed E-state index contributed by atoms with van der Waals surface area (Å²) in [6.07, 6.45) is 4.27. The predicted molar refractivity (Wildman–Crippen MR) is 99.1 cm³/mol. The van der Waals surface area contributed by atoms with Crippen molar-refractivity contribution in [1.29, 1.82) is 0 Å². The minimum Gasteiger partial charge on any atom is -0.379 e. The maximum Gasteiger partial charge on any atom is 0.340 e. The van der Waals surface area contributed by atoms with Gasteiger partial charge in [0.05, 0.1) is 11.1 Å². The lowest BCUT2D eigenvalue weighted by atomic mass is 10.1. The summed E-state index contributed by atoms with van der Waals surface area (Å²) in [7, 11) is -7.81. The summed E-state index contributed by atoms with van der Waals surface area (Å²) in [5, 5.41) is 6.52. The first-order valence-corrected chi connectivity index (χ1v) is 11.3. The van der Waals surface area contributed by atoms with E-state index in [1.54, 1.807) is 30.6 Å². The van der Waals surface area contributed by atoms with Gasteiger partial charge in [0.15, 0.2) is 9.84 Å². The third kappa shape index (κ3) is 3.97. The van der Waals surface area contributed by atoms with Gasteiger partial charge in [0.2, 0.25) is 0 Å². The summed E-state index contributed by atoms with van der Waals surface area (Å²) in [5.41, 5.74) is 1.49. The fraction of sp³-hybridized carbons (Fsp3) is 0.0625. The number of aromatic amines is 1. The van der Waals surface area contributed by atoms with E-state index in [4.69, 9.17) is 4.18 Å². The third-order valence-corrected chi connectivity index (χ3v) is 6.82. The van der Waals surface area contributed by atoms with Gasteiger partial charge >= 0.3 is 10.1 Å². The van der Waals surface area contributed by atoms with Crippen LogP contribution in [0.15, 0.2) is 69.1 Å². The quantitative estimate of drug-likeness (QED) is 0.591. The Morgan fingerprint density at radius 3 is 2.46 bits per heavy atom. The summed E-state index contributed by atoms with van der Waals surface area (Å²) >= 11 is 3.13. The van der Waals surface area contributed by atoms with Gasteiger partial charge in [0, 0.05) is 22.5 Å². The molecule has 3 rings (SSSR count). The number of sulfone groups is 1. The minimum absolute atomic E-state index is 0.0976. The SMILES string of the molecule is CS(=O)(=O)c1ccc(Br)c(S(=O)(=O)Oc2cccc(-c3cn[nH]c3)c2)c1. The van der Waals surface area contributed by atoms with Gasteiger partial charge in [-0.15, -0.1) is 0 Å². The van der Waals surface area contributed by atoms with Crippen molar-refractivity contribution in [2.45, 2.75) is 9.79 Å². The number of halogens is 1. The molecule has 26 heavy (non-hydrogen) atoms. The van der Waals surface area contributed by atoms with Crippen LogP contribution >= 0.6 is 15.9 Å². The number of benzene rings is 2. The van der Waals surface area contributed by atoms with Crippen molar-refractivity contribution in [3.8, 4) is 16.9 Å². The standard InChI is InChI=1S/C16H13BrN2O5S2/c1-25(20,21)14-5-6-15(17)16(8-14)26(22,23)24-13-4-2-3-11(7-13)12-9-18-19-10-12/h2-10H,1H3,(H,18,19). The molecule has 0 atom stereocenters. The van der Waals surface area contributed by atoms with Crippen LogP contribution in [-0.2, 0) is 20.0 Å². The lowest BCUT2D eigenvalue weighted by Crippen LogP contribution is -2.11. The molecule has 0 unspecified atom stereocenters. The third-order valence-electron chi connectivity index (χ3n) is 3.47. The Morgan fingerprint density at radius 2 is 1.81 bits per heavy atom. The number of hydrogen-bond donors (Lipinski definition) is 1. The number of aromatic nitrogens is 2. The fourth-order valence-corrected chi connectivity index (χ4v) is 4.80. The van der Waals surface area contributed by atoms with E-state index in [-0.39, 0.29) is 20.0 Å². The van der Waals surface area contributed by atoms with Gasteiger partial charge in [-0.3, -0.25) is 5.10 Å². The molecule has 1 heterocycles. The topological polar surface area (TPSA) is 106 Å². The second-order valence-electron chi connectivity index (χ2n) is 5.42. The van der Waals surface area contributed by atoms with E-state index in [9.17, 15) is 16.8 Å². The van der Waals surface area contributed by atoms with E-state index in [0.29, 0.717) is 0 Å². The zero-order chi connectivity index (χ0) is 18.9. The van der Waals surface area contributed by atoms with Crippen molar-refractivity contribution in [1.82, 2.24) is 10.2 Å². The van der Waals surface area contributed by atoms with Crippen LogP contribution in [-0.4, -0.2) is 33.3 Å². The van der Waals surface area contributed by atoms with Crippen molar-refractivity contribution >= 4 is 35.9 Å². The van der Waals surface area contributed by atoms with E-state index < -0.39 is 20.0 Å². The molecular weight excluding hydrogens is 444 g/mol. The van der Waals surface area contributed by atoms with Crippen LogP contribution < -0.4 is 4.18 Å². The van der Waals surface area contributed by atoms with Gasteiger partial charge in [-0.25, -0.2) is 8.42 Å². The molecule has 0 radical (unpaired) electrons. The molecule has 2 aromatic carbocycles. The molecule has 136 valence electrons. The Balaban J connectivity index is 1.99. The molecule has 0 aliphatic rings. The Morgan fingerprint density at radius 1 is 1.04 bits per heavy atom. The van der Waals surface area contributed by atoms with Crippen LogP contribution in [0, 0.1) is 0 Å². The highest BCUT2D eigenvalue weighted by atomic mass is 79.9. The van der Waals surface area contributed by atoms with Crippen LogP contribution in [0.3, 0.4) is 0 Å². The molecule has 0 amide bonds. The molecule has 7 nitrogen and oxygen atoms in total. The summed E-state index contributed by atoms with van der Waals surface area (Å²) < 4.78 is 54.1. The normalized spacial score (nSPS) is 12.1. The first kappa shape index (κ1) is 18.6. The number of H-pyrrole nitrogens is 1. The van der Waals surface area contributed by atoms with Gasteiger partial charge in [0.1, 0.15) is 10.6 Å². The second-order valence-corrected chi connectivity index (χ2v) is 9.80. The van der Waals surface area contributed by atoms with E-state index in [2.05, 4.69) is 26.1 Å². The Labute approximate surface area is 159 Å². The van der Waals surface area contributed by atoms with Gasteiger partial charge < -0.3 is 4.18 Å². The van der Waals surface area contributed by atoms with E-state index >= 15 is 0 Å². The molecule has 0 saturated carbocycles. The molecule has 10 heteroatoms. The van der Waals surface area contributed by atoms with E-state index in [1.165, 1.54) is 18.2 Å². The zero-order valence-corrected chi connectivity index (χ0v) is 16.6. The summed E-state index contributed by atoms with van der Waals surface area (Å²) in [4.78, 5) is -0.385. The number of nitrogens with one attached hydrogen (secondary N) is 1. The van der Waals surface area contributed by atoms with Crippen LogP contribution in [0.1, 0.15) is 0 Å².